The van der Waals surface area contributed by atoms with Crippen LogP contribution in [0.2, 0.25) is 0 Å². The molecule has 1 aromatic rings. The number of ether oxygens (including phenoxy) is 2. The van der Waals surface area contributed by atoms with E-state index in [0.29, 0.717) is 0 Å². The van der Waals surface area contributed by atoms with Gasteiger partial charge in [0.05, 0.1) is 13.7 Å². The van der Waals surface area contributed by atoms with Crippen LogP contribution in [-0.4, -0.2) is 48.3 Å². The molecule has 0 saturated carbocycles. The molecule has 1 aromatic carbocycles. The molecule has 21 heavy (non-hydrogen) atoms. The van der Waals surface area contributed by atoms with Gasteiger partial charge in [0.25, 0.3) is 0 Å². The molecule has 0 atom stereocenters. The van der Waals surface area contributed by atoms with Gasteiger partial charge in [-0.25, -0.2) is 0 Å². The van der Waals surface area contributed by atoms with Crippen molar-refractivity contribution in [3.8, 4) is 11.5 Å². The van der Waals surface area contributed by atoms with E-state index in [-0.39, 0.29) is 12.1 Å². The van der Waals surface area contributed by atoms with Crippen molar-refractivity contribution >= 4 is 12.0 Å². The van der Waals surface area contributed by atoms with Gasteiger partial charge >= 0.3 is 5.97 Å². The molecule has 2 aliphatic rings. The Morgan fingerprint density at radius 3 is 2.86 bits per heavy atom. The fourth-order valence-corrected chi connectivity index (χ4v) is 2.92. The fraction of sp³-hybridized carbons (Fsp3) is 0.438. The summed E-state index contributed by atoms with van der Waals surface area (Å²) in [5.74, 6) is 0.905. The Balaban J connectivity index is 1.71. The van der Waals surface area contributed by atoms with Gasteiger partial charge in [-0.1, -0.05) is 6.08 Å². The summed E-state index contributed by atoms with van der Waals surface area (Å²) < 4.78 is 11.4. The number of fused-ring (bicyclic) bond motifs is 1. The van der Waals surface area contributed by atoms with E-state index in [9.17, 15) is 4.79 Å². The molecule has 1 spiro atoms. The standard InChI is InChI=1S/C16H19NO4/c1-20-13-2-3-14-12(10-13)4-5-16(21-14)6-8-17(9-7-16)11-15(18)19/h2-5,10H,6-9,11H2,1H3,(H,18,19). The topological polar surface area (TPSA) is 59.0 Å². The molecule has 0 amide bonds. The van der Waals surface area contributed by atoms with Crippen molar-refractivity contribution in [3.63, 3.8) is 0 Å². The fourth-order valence-electron chi connectivity index (χ4n) is 2.92. The third-order valence-electron chi connectivity index (χ3n) is 4.16. The Morgan fingerprint density at radius 2 is 2.19 bits per heavy atom. The lowest BCUT2D eigenvalue weighted by molar-refractivity contribution is -0.139. The molecule has 5 nitrogen and oxygen atoms in total. The minimum Gasteiger partial charge on any atom is -0.497 e. The number of hydrogen-bond donors (Lipinski definition) is 1. The first-order valence-corrected chi connectivity index (χ1v) is 7.11. The van der Waals surface area contributed by atoms with Crippen LogP contribution < -0.4 is 9.47 Å². The van der Waals surface area contributed by atoms with Crippen molar-refractivity contribution in [2.75, 3.05) is 26.7 Å². The lowest BCUT2D eigenvalue weighted by Gasteiger charge is -2.41. The number of nitrogens with zero attached hydrogens (tertiary/aromatic N) is 1. The van der Waals surface area contributed by atoms with Gasteiger partial charge in [-0.3, -0.25) is 9.69 Å². The van der Waals surface area contributed by atoms with Crippen LogP contribution in [0, 0.1) is 0 Å². The van der Waals surface area contributed by atoms with E-state index in [1.165, 1.54) is 0 Å². The van der Waals surface area contributed by atoms with E-state index >= 15 is 0 Å². The van der Waals surface area contributed by atoms with E-state index < -0.39 is 5.97 Å². The number of aliphatic carboxylic acids is 1. The highest BCUT2D eigenvalue weighted by Gasteiger charge is 2.37. The zero-order chi connectivity index (χ0) is 14.9. The predicted octanol–water partition coefficient (Wildman–Crippen LogP) is 2.02. The van der Waals surface area contributed by atoms with E-state index in [2.05, 4.69) is 12.2 Å². The highest BCUT2D eigenvalue weighted by Crippen LogP contribution is 2.38. The van der Waals surface area contributed by atoms with Crippen molar-refractivity contribution in [2.45, 2.75) is 18.4 Å². The van der Waals surface area contributed by atoms with Gasteiger partial charge in [-0.2, -0.15) is 0 Å². The predicted molar refractivity (Wildman–Crippen MR) is 78.7 cm³/mol. The summed E-state index contributed by atoms with van der Waals surface area (Å²) in [5, 5.41) is 8.85. The van der Waals surface area contributed by atoms with Gasteiger partial charge in [0, 0.05) is 31.5 Å². The molecule has 0 bridgehead atoms. The summed E-state index contributed by atoms with van der Waals surface area (Å²) >= 11 is 0. The number of methoxy groups -OCH3 is 1. The number of hydrogen-bond acceptors (Lipinski definition) is 4. The van der Waals surface area contributed by atoms with Crippen LogP contribution in [0.15, 0.2) is 24.3 Å². The molecule has 2 aliphatic heterocycles. The van der Waals surface area contributed by atoms with Gasteiger partial charge in [0.15, 0.2) is 0 Å². The summed E-state index contributed by atoms with van der Waals surface area (Å²) in [4.78, 5) is 12.7. The number of rotatable bonds is 3. The minimum absolute atomic E-state index is 0.105. The average molecular weight is 289 g/mol. The molecule has 3 rings (SSSR count). The summed E-state index contributed by atoms with van der Waals surface area (Å²) in [7, 11) is 1.65. The number of carboxylic acids is 1. The summed E-state index contributed by atoms with van der Waals surface area (Å²) in [5.41, 5.74) is 0.726. The number of carbonyl (C=O) groups is 1. The summed E-state index contributed by atoms with van der Waals surface area (Å²) in [6.45, 7) is 1.58. The van der Waals surface area contributed by atoms with E-state index in [4.69, 9.17) is 14.6 Å². The summed E-state index contributed by atoms with van der Waals surface area (Å²) in [6.07, 6.45) is 5.80. The second-order valence-corrected chi connectivity index (χ2v) is 5.57. The lowest BCUT2D eigenvalue weighted by atomic mass is 9.88. The van der Waals surface area contributed by atoms with E-state index in [1.54, 1.807) is 7.11 Å². The lowest BCUT2D eigenvalue weighted by Crippen LogP contribution is -2.48. The Labute approximate surface area is 123 Å². The molecule has 0 radical (unpaired) electrons. The molecule has 1 N–H and O–H groups in total. The number of likely N-dealkylation sites (tertiary alicyclic amines) is 1. The zero-order valence-electron chi connectivity index (χ0n) is 12.0. The van der Waals surface area contributed by atoms with Crippen LogP contribution in [-0.2, 0) is 4.79 Å². The van der Waals surface area contributed by atoms with Crippen LogP contribution in [0.1, 0.15) is 18.4 Å². The third-order valence-corrected chi connectivity index (χ3v) is 4.16. The van der Waals surface area contributed by atoms with Crippen molar-refractivity contribution in [2.24, 2.45) is 0 Å². The van der Waals surface area contributed by atoms with Crippen LogP contribution in [0.5, 0.6) is 11.5 Å². The molecule has 1 saturated heterocycles. The molecule has 1 fully saturated rings. The quantitative estimate of drug-likeness (QED) is 0.922. The third kappa shape index (κ3) is 2.88. The molecular weight excluding hydrogens is 270 g/mol. The molecule has 0 unspecified atom stereocenters. The SMILES string of the molecule is COc1ccc2c(c1)C=CC1(CCN(CC(=O)O)CC1)O2. The number of benzene rings is 1. The largest absolute Gasteiger partial charge is 0.497 e. The van der Waals surface area contributed by atoms with Crippen molar-refractivity contribution in [1.82, 2.24) is 4.90 Å². The zero-order valence-corrected chi connectivity index (χ0v) is 12.0. The maximum absolute atomic E-state index is 10.8. The summed E-state index contributed by atoms with van der Waals surface area (Å²) in [6, 6.07) is 5.78. The van der Waals surface area contributed by atoms with Gasteiger partial charge in [0.2, 0.25) is 0 Å². The first-order chi connectivity index (χ1) is 10.1. The first kappa shape index (κ1) is 13.9. The number of piperidine rings is 1. The Hall–Kier alpha value is -2.01. The second-order valence-electron chi connectivity index (χ2n) is 5.57. The van der Waals surface area contributed by atoms with E-state index in [0.717, 1.165) is 43.0 Å². The van der Waals surface area contributed by atoms with Crippen molar-refractivity contribution in [1.29, 1.82) is 0 Å². The normalized spacial score (nSPS) is 19.9. The van der Waals surface area contributed by atoms with Crippen molar-refractivity contribution in [3.05, 3.63) is 29.8 Å². The Bertz CT molecular complexity index is 574. The molecule has 0 aliphatic carbocycles. The van der Waals surface area contributed by atoms with E-state index in [1.807, 2.05) is 23.1 Å². The highest BCUT2D eigenvalue weighted by molar-refractivity contribution is 5.69. The van der Waals surface area contributed by atoms with Crippen LogP contribution in [0.4, 0.5) is 0 Å². The molecule has 5 heteroatoms. The van der Waals surface area contributed by atoms with Gasteiger partial charge in [0.1, 0.15) is 17.1 Å². The van der Waals surface area contributed by atoms with Crippen LogP contribution in [0.25, 0.3) is 6.08 Å². The van der Waals surface area contributed by atoms with Gasteiger partial charge < -0.3 is 14.6 Å². The first-order valence-electron chi connectivity index (χ1n) is 7.11. The van der Waals surface area contributed by atoms with Crippen molar-refractivity contribution < 1.29 is 19.4 Å². The molecule has 0 aromatic heterocycles. The molecular formula is C16H19NO4. The Morgan fingerprint density at radius 1 is 1.43 bits per heavy atom. The van der Waals surface area contributed by atoms with Gasteiger partial charge in [-0.05, 0) is 24.3 Å². The maximum atomic E-state index is 10.8. The second kappa shape index (κ2) is 5.41. The van der Waals surface area contributed by atoms with Crippen LogP contribution >= 0.6 is 0 Å². The highest BCUT2D eigenvalue weighted by atomic mass is 16.5. The minimum atomic E-state index is -0.775. The Kier molecular flexibility index (Phi) is 3.59. The maximum Gasteiger partial charge on any atom is 0.317 e. The monoisotopic (exact) mass is 289 g/mol. The van der Waals surface area contributed by atoms with Crippen LogP contribution in [0.3, 0.4) is 0 Å². The molecule has 112 valence electrons. The number of carboxylic acid groups (broad SMARTS) is 1. The smallest absolute Gasteiger partial charge is 0.317 e. The van der Waals surface area contributed by atoms with Gasteiger partial charge in [-0.15, -0.1) is 0 Å². The molecule has 2 heterocycles. The average Bonchev–Trinajstić information content (AvgIpc) is 2.49.